The number of rotatable bonds is 4. The van der Waals surface area contributed by atoms with Gasteiger partial charge in [-0.1, -0.05) is 0 Å². The number of aromatic nitrogens is 2. The third-order valence-corrected chi connectivity index (χ3v) is 3.79. The number of ketones is 1. The second-order valence-electron chi connectivity index (χ2n) is 5.08. The van der Waals surface area contributed by atoms with Gasteiger partial charge in [0.25, 0.3) is 5.91 Å². The molecule has 1 aliphatic rings. The second kappa shape index (κ2) is 5.40. The molecular formula is C12H16N4O4. The van der Waals surface area contributed by atoms with Crippen LogP contribution in [-0.4, -0.2) is 26.4 Å². The monoisotopic (exact) mass is 280 g/mol. The molecule has 0 aromatic carbocycles. The maximum absolute atomic E-state index is 11.3. The van der Waals surface area contributed by atoms with Crippen molar-refractivity contribution in [2.24, 2.45) is 11.7 Å². The minimum absolute atomic E-state index is 0.0302. The number of primary amides is 1. The van der Waals surface area contributed by atoms with E-state index in [0.29, 0.717) is 12.8 Å². The topological polar surface area (TPSA) is 121 Å². The zero-order valence-corrected chi connectivity index (χ0v) is 11.1. The average molecular weight is 280 g/mol. The fourth-order valence-electron chi connectivity index (χ4n) is 2.63. The molecule has 8 nitrogen and oxygen atoms in total. The standard InChI is InChI=1S/C12H16N4O4/c1-7(17)8-2-4-9(5-3-8)15-6-10(16(19)20)11(14-15)12(13)18/h6,8-9H,2-5H2,1H3,(H2,13,18)/t8-,9-. The summed E-state index contributed by atoms with van der Waals surface area (Å²) < 4.78 is 1.44. The molecule has 0 radical (unpaired) electrons. The predicted molar refractivity (Wildman–Crippen MR) is 69.1 cm³/mol. The molecule has 0 saturated heterocycles. The lowest BCUT2D eigenvalue weighted by Crippen LogP contribution is -2.23. The van der Waals surface area contributed by atoms with Gasteiger partial charge in [-0.05, 0) is 32.6 Å². The Morgan fingerprint density at radius 1 is 1.40 bits per heavy atom. The highest BCUT2D eigenvalue weighted by molar-refractivity contribution is 5.94. The number of amides is 1. The second-order valence-corrected chi connectivity index (χ2v) is 5.08. The molecule has 1 amide bonds. The quantitative estimate of drug-likeness (QED) is 0.656. The maximum Gasteiger partial charge on any atom is 0.320 e. The highest BCUT2D eigenvalue weighted by atomic mass is 16.6. The van der Waals surface area contributed by atoms with Gasteiger partial charge in [-0.15, -0.1) is 0 Å². The molecule has 2 rings (SSSR count). The van der Waals surface area contributed by atoms with E-state index >= 15 is 0 Å². The minimum atomic E-state index is -0.909. The van der Waals surface area contributed by atoms with E-state index in [1.54, 1.807) is 6.92 Å². The third-order valence-electron chi connectivity index (χ3n) is 3.79. The number of hydrogen-bond donors (Lipinski definition) is 1. The van der Waals surface area contributed by atoms with Crippen LogP contribution in [0.1, 0.15) is 49.1 Å². The van der Waals surface area contributed by atoms with E-state index in [-0.39, 0.29) is 29.1 Å². The van der Waals surface area contributed by atoms with E-state index in [2.05, 4.69) is 5.10 Å². The molecule has 0 atom stereocenters. The van der Waals surface area contributed by atoms with Gasteiger partial charge in [0.2, 0.25) is 5.69 Å². The van der Waals surface area contributed by atoms with Gasteiger partial charge in [-0.25, -0.2) is 0 Å². The number of nitro groups is 1. The van der Waals surface area contributed by atoms with Gasteiger partial charge in [0.05, 0.1) is 11.0 Å². The first-order valence-corrected chi connectivity index (χ1v) is 6.44. The van der Waals surface area contributed by atoms with Crippen LogP contribution in [0.3, 0.4) is 0 Å². The molecule has 108 valence electrons. The van der Waals surface area contributed by atoms with Crippen LogP contribution < -0.4 is 5.73 Å². The SMILES string of the molecule is CC(=O)[C@H]1CC[C@H](n2cc([N+](=O)[O-])c(C(N)=O)n2)CC1. The molecule has 0 bridgehead atoms. The molecule has 1 fully saturated rings. The van der Waals surface area contributed by atoms with E-state index in [0.717, 1.165) is 12.8 Å². The van der Waals surface area contributed by atoms with Gasteiger partial charge >= 0.3 is 5.69 Å². The van der Waals surface area contributed by atoms with Crippen molar-refractivity contribution < 1.29 is 14.5 Å². The number of hydrogen-bond acceptors (Lipinski definition) is 5. The Hall–Kier alpha value is -2.25. The van der Waals surface area contributed by atoms with Gasteiger partial charge in [-0.3, -0.25) is 24.4 Å². The van der Waals surface area contributed by atoms with Crippen LogP contribution in [0, 0.1) is 16.0 Å². The molecule has 1 aromatic heterocycles. The van der Waals surface area contributed by atoms with Crippen LogP contribution >= 0.6 is 0 Å². The summed E-state index contributed by atoms with van der Waals surface area (Å²) in [6.07, 6.45) is 4.14. The molecule has 1 heterocycles. The first-order chi connectivity index (χ1) is 9.40. The van der Waals surface area contributed by atoms with Gasteiger partial charge in [0.1, 0.15) is 12.0 Å². The van der Waals surface area contributed by atoms with Gasteiger partial charge in [-0.2, -0.15) is 5.10 Å². The van der Waals surface area contributed by atoms with E-state index in [9.17, 15) is 19.7 Å². The molecule has 1 saturated carbocycles. The maximum atomic E-state index is 11.3. The summed E-state index contributed by atoms with van der Waals surface area (Å²) in [4.78, 5) is 32.7. The Labute approximate surface area is 115 Å². The Morgan fingerprint density at radius 3 is 2.40 bits per heavy atom. The summed E-state index contributed by atoms with van der Waals surface area (Å²) in [7, 11) is 0. The number of Topliss-reactive ketones (excluding diaryl/α,β-unsaturated/α-hetero) is 1. The lowest BCUT2D eigenvalue weighted by atomic mass is 9.84. The first kappa shape index (κ1) is 14.2. The summed E-state index contributed by atoms with van der Waals surface area (Å²) in [5.74, 6) is -0.673. The van der Waals surface area contributed by atoms with E-state index in [1.807, 2.05) is 0 Å². The van der Waals surface area contributed by atoms with E-state index in [1.165, 1.54) is 10.9 Å². The highest BCUT2D eigenvalue weighted by Crippen LogP contribution is 2.33. The summed E-state index contributed by atoms with van der Waals surface area (Å²) in [6.45, 7) is 1.58. The van der Waals surface area contributed by atoms with Crippen LogP contribution in [0.2, 0.25) is 0 Å². The minimum Gasteiger partial charge on any atom is -0.364 e. The summed E-state index contributed by atoms with van der Waals surface area (Å²) >= 11 is 0. The van der Waals surface area contributed by atoms with Crippen molar-refractivity contribution in [3.63, 3.8) is 0 Å². The number of nitrogens with two attached hydrogens (primary N) is 1. The Balaban J connectivity index is 2.18. The van der Waals surface area contributed by atoms with Crippen LogP contribution in [0.15, 0.2) is 6.20 Å². The summed E-state index contributed by atoms with van der Waals surface area (Å²) in [5.41, 5.74) is 4.41. The Morgan fingerprint density at radius 2 is 2.00 bits per heavy atom. The Kier molecular flexibility index (Phi) is 3.82. The van der Waals surface area contributed by atoms with Gasteiger partial charge in [0.15, 0.2) is 0 Å². The van der Waals surface area contributed by atoms with Crippen molar-refractivity contribution in [1.82, 2.24) is 9.78 Å². The number of carbonyl (C=O) groups excluding carboxylic acids is 2. The molecule has 1 aromatic rings. The molecule has 2 N–H and O–H groups in total. The van der Waals surface area contributed by atoms with E-state index in [4.69, 9.17) is 5.73 Å². The number of nitrogens with zero attached hydrogens (tertiary/aromatic N) is 3. The largest absolute Gasteiger partial charge is 0.364 e. The predicted octanol–water partition coefficient (Wildman–Crippen LogP) is 1.21. The fraction of sp³-hybridized carbons (Fsp3) is 0.583. The van der Waals surface area contributed by atoms with Crippen LogP contribution in [0.4, 0.5) is 5.69 Å². The Bertz CT molecular complexity index is 526. The van der Waals surface area contributed by atoms with Gasteiger partial charge < -0.3 is 5.73 Å². The van der Waals surface area contributed by atoms with Crippen molar-refractivity contribution >= 4 is 17.4 Å². The average Bonchev–Trinajstić information content (AvgIpc) is 2.84. The summed E-state index contributed by atoms with van der Waals surface area (Å²) in [5, 5.41) is 14.8. The summed E-state index contributed by atoms with van der Waals surface area (Å²) in [6, 6.07) is -0.0302. The van der Waals surface area contributed by atoms with Crippen LogP contribution in [-0.2, 0) is 4.79 Å². The molecule has 0 aliphatic heterocycles. The van der Waals surface area contributed by atoms with Crippen molar-refractivity contribution in [3.05, 3.63) is 22.0 Å². The fourth-order valence-corrected chi connectivity index (χ4v) is 2.63. The highest BCUT2D eigenvalue weighted by Gasteiger charge is 2.29. The van der Waals surface area contributed by atoms with Crippen LogP contribution in [0.25, 0.3) is 0 Å². The molecule has 1 aliphatic carbocycles. The van der Waals surface area contributed by atoms with Crippen molar-refractivity contribution in [2.45, 2.75) is 38.6 Å². The number of carbonyl (C=O) groups is 2. The molecular weight excluding hydrogens is 264 g/mol. The normalized spacial score (nSPS) is 22.4. The first-order valence-electron chi connectivity index (χ1n) is 6.44. The molecule has 0 spiro atoms. The molecule has 20 heavy (non-hydrogen) atoms. The van der Waals surface area contributed by atoms with Crippen molar-refractivity contribution in [2.75, 3.05) is 0 Å². The lowest BCUT2D eigenvalue weighted by molar-refractivity contribution is -0.385. The molecule has 0 unspecified atom stereocenters. The smallest absolute Gasteiger partial charge is 0.320 e. The lowest BCUT2D eigenvalue weighted by Gasteiger charge is -2.26. The molecule has 8 heteroatoms. The zero-order valence-electron chi connectivity index (χ0n) is 11.1. The third kappa shape index (κ3) is 2.68. The van der Waals surface area contributed by atoms with Crippen molar-refractivity contribution in [3.8, 4) is 0 Å². The van der Waals surface area contributed by atoms with E-state index < -0.39 is 10.8 Å². The zero-order chi connectivity index (χ0) is 14.9. The van der Waals surface area contributed by atoms with Crippen molar-refractivity contribution in [1.29, 1.82) is 0 Å². The van der Waals surface area contributed by atoms with Crippen LogP contribution in [0.5, 0.6) is 0 Å². The van der Waals surface area contributed by atoms with Gasteiger partial charge in [0, 0.05) is 5.92 Å².